The van der Waals surface area contributed by atoms with E-state index >= 15 is 0 Å². The highest BCUT2D eigenvalue weighted by molar-refractivity contribution is 5.95. The van der Waals surface area contributed by atoms with Crippen molar-refractivity contribution in [3.8, 4) is 0 Å². The first-order valence-electron chi connectivity index (χ1n) is 5.53. The van der Waals surface area contributed by atoms with Crippen LogP contribution in [0.15, 0.2) is 12.2 Å². The van der Waals surface area contributed by atoms with Crippen molar-refractivity contribution in [3.05, 3.63) is 12.2 Å². The molecule has 0 aliphatic carbocycles. The van der Waals surface area contributed by atoms with E-state index in [9.17, 15) is 14.4 Å². The second kappa shape index (κ2) is 8.50. The third-order valence-electron chi connectivity index (χ3n) is 1.85. The summed E-state index contributed by atoms with van der Waals surface area (Å²) in [5, 5.41) is 0. The zero-order chi connectivity index (χ0) is 13.3. The molecule has 0 radical (unpaired) electrons. The maximum absolute atomic E-state index is 11.1. The molecule has 0 fully saturated rings. The average Bonchev–Trinajstić information content (AvgIpc) is 2.26. The van der Waals surface area contributed by atoms with Gasteiger partial charge in [0.05, 0.1) is 19.4 Å². The zero-order valence-electron chi connectivity index (χ0n) is 10.3. The lowest BCUT2D eigenvalue weighted by atomic mass is 10.3. The van der Waals surface area contributed by atoms with Gasteiger partial charge in [0, 0.05) is 5.57 Å². The van der Waals surface area contributed by atoms with Crippen LogP contribution >= 0.6 is 0 Å². The number of hydrogen-bond acceptors (Lipinski definition) is 5. The molecule has 0 saturated carbocycles. The summed E-state index contributed by atoms with van der Waals surface area (Å²) < 4.78 is 9.24. The normalized spacial score (nSPS) is 9.53. The number of unbranched alkanes of at least 4 members (excludes halogenated alkanes) is 1. The number of ether oxygens (including phenoxy) is 2. The predicted octanol–water partition coefficient (Wildman–Crippen LogP) is 1.76. The molecule has 0 rings (SSSR count). The Labute approximate surface area is 101 Å². The fourth-order valence-electron chi connectivity index (χ4n) is 0.848. The van der Waals surface area contributed by atoms with Crippen molar-refractivity contribution in [3.63, 3.8) is 0 Å². The largest absolute Gasteiger partial charge is 0.466 e. The van der Waals surface area contributed by atoms with Gasteiger partial charge in [0.15, 0.2) is 0 Å². The molecule has 96 valence electrons. The molecule has 0 aromatic heterocycles. The SMILES string of the molecule is C=C(C)C(=O)OC(=O)CCC(=O)OCCCC. The summed E-state index contributed by atoms with van der Waals surface area (Å²) in [5.74, 6) is -1.97. The van der Waals surface area contributed by atoms with Gasteiger partial charge in [-0.15, -0.1) is 0 Å². The molecule has 0 bridgehead atoms. The van der Waals surface area contributed by atoms with E-state index in [4.69, 9.17) is 4.74 Å². The molecular weight excluding hydrogens is 224 g/mol. The first kappa shape index (κ1) is 15.3. The second-order valence-corrected chi connectivity index (χ2v) is 3.62. The lowest BCUT2D eigenvalue weighted by molar-refractivity contribution is -0.159. The van der Waals surface area contributed by atoms with Crippen LogP contribution in [0.2, 0.25) is 0 Å². The molecule has 0 aliphatic heterocycles. The van der Waals surface area contributed by atoms with Crippen LogP contribution in [-0.4, -0.2) is 24.5 Å². The van der Waals surface area contributed by atoms with Crippen LogP contribution in [0, 0.1) is 0 Å². The Morgan fingerprint density at radius 2 is 1.71 bits per heavy atom. The Morgan fingerprint density at radius 1 is 1.12 bits per heavy atom. The summed E-state index contributed by atoms with van der Waals surface area (Å²) in [6.45, 7) is 7.11. The van der Waals surface area contributed by atoms with Gasteiger partial charge in [-0.25, -0.2) is 4.79 Å². The quantitative estimate of drug-likeness (QED) is 0.294. The highest BCUT2D eigenvalue weighted by Gasteiger charge is 2.13. The first-order chi connectivity index (χ1) is 7.97. The van der Waals surface area contributed by atoms with E-state index in [2.05, 4.69) is 11.3 Å². The highest BCUT2D eigenvalue weighted by atomic mass is 16.6. The Kier molecular flexibility index (Phi) is 7.67. The van der Waals surface area contributed by atoms with Gasteiger partial charge in [-0.1, -0.05) is 19.9 Å². The van der Waals surface area contributed by atoms with Crippen molar-refractivity contribution in [2.75, 3.05) is 6.61 Å². The van der Waals surface area contributed by atoms with E-state index in [-0.39, 0.29) is 18.4 Å². The fraction of sp³-hybridized carbons (Fsp3) is 0.583. The molecule has 0 heterocycles. The fourth-order valence-corrected chi connectivity index (χ4v) is 0.848. The predicted molar refractivity (Wildman–Crippen MR) is 61.0 cm³/mol. The van der Waals surface area contributed by atoms with Crippen LogP contribution in [0.3, 0.4) is 0 Å². The Hall–Kier alpha value is -1.65. The molecule has 0 aromatic rings. The second-order valence-electron chi connectivity index (χ2n) is 3.62. The lowest BCUT2D eigenvalue weighted by Crippen LogP contribution is -2.15. The van der Waals surface area contributed by atoms with Crippen molar-refractivity contribution < 1.29 is 23.9 Å². The Balaban J connectivity index is 3.73. The minimum Gasteiger partial charge on any atom is -0.466 e. The van der Waals surface area contributed by atoms with E-state index in [0.29, 0.717) is 6.61 Å². The van der Waals surface area contributed by atoms with Gasteiger partial charge in [0.1, 0.15) is 0 Å². The molecule has 5 nitrogen and oxygen atoms in total. The number of rotatable bonds is 7. The summed E-state index contributed by atoms with van der Waals surface area (Å²) in [4.78, 5) is 33.2. The van der Waals surface area contributed by atoms with Gasteiger partial charge in [-0.05, 0) is 13.3 Å². The van der Waals surface area contributed by atoms with E-state index in [1.54, 1.807) is 0 Å². The molecule has 0 N–H and O–H groups in total. The third-order valence-corrected chi connectivity index (χ3v) is 1.85. The van der Waals surface area contributed by atoms with Gasteiger partial charge >= 0.3 is 17.9 Å². The minimum absolute atomic E-state index is 0.0774. The molecule has 0 amide bonds. The summed E-state index contributed by atoms with van der Waals surface area (Å²) >= 11 is 0. The molecule has 5 heteroatoms. The van der Waals surface area contributed by atoms with E-state index in [0.717, 1.165) is 12.8 Å². The minimum atomic E-state index is -0.769. The molecule has 0 aromatic carbocycles. The topological polar surface area (TPSA) is 69.7 Å². The Morgan fingerprint density at radius 3 is 2.24 bits per heavy atom. The number of esters is 3. The van der Waals surface area contributed by atoms with E-state index < -0.39 is 17.9 Å². The molecule has 0 unspecified atom stereocenters. The van der Waals surface area contributed by atoms with Crippen LogP contribution in [0.4, 0.5) is 0 Å². The average molecular weight is 242 g/mol. The smallest absolute Gasteiger partial charge is 0.340 e. The van der Waals surface area contributed by atoms with E-state index in [1.165, 1.54) is 6.92 Å². The molecule has 0 atom stereocenters. The number of carbonyl (C=O) groups excluding carboxylic acids is 3. The first-order valence-corrected chi connectivity index (χ1v) is 5.53. The van der Waals surface area contributed by atoms with E-state index in [1.807, 2.05) is 6.92 Å². The van der Waals surface area contributed by atoms with Gasteiger partial charge in [0.25, 0.3) is 0 Å². The van der Waals surface area contributed by atoms with Gasteiger partial charge in [-0.3, -0.25) is 9.59 Å². The van der Waals surface area contributed by atoms with Gasteiger partial charge in [0.2, 0.25) is 0 Å². The van der Waals surface area contributed by atoms with Crippen molar-refractivity contribution in [1.29, 1.82) is 0 Å². The van der Waals surface area contributed by atoms with Crippen molar-refractivity contribution in [2.24, 2.45) is 0 Å². The maximum atomic E-state index is 11.1. The maximum Gasteiger partial charge on any atom is 0.340 e. The molecule has 17 heavy (non-hydrogen) atoms. The van der Waals surface area contributed by atoms with Crippen LogP contribution in [0.5, 0.6) is 0 Å². The monoisotopic (exact) mass is 242 g/mol. The standard InChI is InChI=1S/C12H18O5/c1-4-5-8-16-10(13)6-7-11(14)17-12(15)9(2)3/h2,4-8H2,1,3H3. The summed E-state index contributed by atoms with van der Waals surface area (Å²) in [7, 11) is 0. The molecule has 0 aliphatic rings. The molecule has 0 saturated heterocycles. The van der Waals surface area contributed by atoms with Crippen LogP contribution < -0.4 is 0 Å². The number of hydrogen-bond donors (Lipinski definition) is 0. The molecular formula is C12H18O5. The van der Waals surface area contributed by atoms with Crippen molar-refractivity contribution in [2.45, 2.75) is 39.5 Å². The summed E-state index contributed by atoms with van der Waals surface area (Å²) in [6.07, 6.45) is 1.49. The third kappa shape index (κ3) is 8.19. The summed E-state index contributed by atoms with van der Waals surface area (Å²) in [5.41, 5.74) is 0.142. The highest BCUT2D eigenvalue weighted by Crippen LogP contribution is 2.00. The van der Waals surface area contributed by atoms with Gasteiger partial charge < -0.3 is 9.47 Å². The summed E-state index contributed by atoms with van der Waals surface area (Å²) in [6, 6.07) is 0. The zero-order valence-corrected chi connectivity index (χ0v) is 10.3. The van der Waals surface area contributed by atoms with Crippen LogP contribution in [0.25, 0.3) is 0 Å². The van der Waals surface area contributed by atoms with Crippen LogP contribution in [-0.2, 0) is 23.9 Å². The van der Waals surface area contributed by atoms with Crippen molar-refractivity contribution >= 4 is 17.9 Å². The lowest BCUT2D eigenvalue weighted by Gasteiger charge is -2.04. The van der Waals surface area contributed by atoms with Crippen molar-refractivity contribution in [1.82, 2.24) is 0 Å². The molecule has 0 spiro atoms. The van der Waals surface area contributed by atoms with Crippen LogP contribution in [0.1, 0.15) is 39.5 Å². The van der Waals surface area contributed by atoms with Gasteiger partial charge in [-0.2, -0.15) is 0 Å². The number of carbonyl (C=O) groups is 3. The Bertz CT molecular complexity index is 306.